The first kappa shape index (κ1) is 15.3. The van der Waals surface area contributed by atoms with Gasteiger partial charge >= 0.3 is 0 Å². The number of carbonyl (C=O) groups is 2. The lowest BCUT2D eigenvalue weighted by Crippen LogP contribution is -2.42. The fourth-order valence-electron chi connectivity index (χ4n) is 2.29. The largest absolute Gasteiger partial charge is 0.345 e. The van der Waals surface area contributed by atoms with Crippen LogP contribution in [0.25, 0.3) is 10.9 Å². The molecule has 0 radical (unpaired) electrons. The molecule has 2 aromatic heterocycles. The molecule has 0 aliphatic carbocycles. The van der Waals surface area contributed by atoms with Gasteiger partial charge in [-0.25, -0.2) is 0 Å². The van der Waals surface area contributed by atoms with Crippen molar-refractivity contribution in [3.63, 3.8) is 0 Å². The molecule has 0 saturated heterocycles. The van der Waals surface area contributed by atoms with Crippen molar-refractivity contribution in [2.75, 3.05) is 0 Å². The first-order chi connectivity index (χ1) is 11.0. The number of aromatic nitrogens is 3. The Balaban J connectivity index is 1.75. The van der Waals surface area contributed by atoms with E-state index in [9.17, 15) is 9.59 Å². The van der Waals surface area contributed by atoms with Gasteiger partial charge in [-0.3, -0.25) is 25.5 Å². The van der Waals surface area contributed by atoms with Crippen molar-refractivity contribution >= 4 is 38.6 Å². The van der Waals surface area contributed by atoms with E-state index in [1.54, 1.807) is 23.9 Å². The summed E-state index contributed by atoms with van der Waals surface area (Å²) < 4.78 is 2.43. The molecule has 0 aliphatic heterocycles. The summed E-state index contributed by atoms with van der Waals surface area (Å²) in [6.07, 6.45) is 1.75. The second-order valence-corrected chi connectivity index (χ2v) is 6.10. The molecule has 7 nitrogen and oxygen atoms in total. The van der Waals surface area contributed by atoms with Crippen molar-refractivity contribution in [2.24, 2.45) is 7.05 Å². The van der Waals surface area contributed by atoms with Gasteiger partial charge in [-0.15, -0.1) is 0 Å². The number of hydrogen-bond acceptors (Lipinski definition) is 3. The SMILES string of the molecule is Cc1ccc2[nH]nc(C(=O)NNC(=O)c3cc(Br)cn3C)c2c1. The van der Waals surface area contributed by atoms with Crippen LogP contribution in [0.3, 0.4) is 0 Å². The Morgan fingerprint density at radius 1 is 1.22 bits per heavy atom. The second kappa shape index (κ2) is 5.88. The number of hydrazine groups is 1. The van der Waals surface area contributed by atoms with Gasteiger partial charge < -0.3 is 4.57 Å². The summed E-state index contributed by atoms with van der Waals surface area (Å²) >= 11 is 3.29. The summed E-state index contributed by atoms with van der Waals surface area (Å²) in [6, 6.07) is 7.31. The highest BCUT2D eigenvalue weighted by molar-refractivity contribution is 9.10. The van der Waals surface area contributed by atoms with Gasteiger partial charge in [0.2, 0.25) is 0 Å². The quantitative estimate of drug-likeness (QED) is 0.598. The number of nitrogens with zero attached hydrogens (tertiary/aromatic N) is 2. The van der Waals surface area contributed by atoms with Crippen LogP contribution in [0.5, 0.6) is 0 Å². The van der Waals surface area contributed by atoms with E-state index in [1.807, 2.05) is 25.1 Å². The van der Waals surface area contributed by atoms with Gasteiger partial charge in [0.1, 0.15) is 5.69 Å². The van der Waals surface area contributed by atoms with Crippen LogP contribution < -0.4 is 10.9 Å². The number of nitrogens with one attached hydrogen (secondary N) is 3. The molecule has 0 spiro atoms. The number of aromatic amines is 1. The van der Waals surface area contributed by atoms with Gasteiger partial charge in [-0.05, 0) is 41.1 Å². The summed E-state index contributed by atoms with van der Waals surface area (Å²) in [6.45, 7) is 1.93. The molecule has 2 heterocycles. The highest BCUT2D eigenvalue weighted by atomic mass is 79.9. The molecule has 0 bridgehead atoms. The zero-order valence-electron chi connectivity index (χ0n) is 12.5. The molecule has 0 fully saturated rings. The Morgan fingerprint density at radius 3 is 2.65 bits per heavy atom. The predicted octanol–water partition coefficient (Wildman–Crippen LogP) is 2.05. The molecular weight excluding hydrogens is 362 g/mol. The molecule has 23 heavy (non-hydrogen) atoms. The van der Waals surface area contributed by atoms with E-state index in [-0.39, 0.29) is 5.69 Å². The van der Waals surface area contributed by atoms with Crippen LogP contribution >= 0.6 is 15.9 Å². The standard InChI is InChI=1S/C15H14BrN5O2/c1-8-3-4-11-10(5-8)13(18-17-11)15(23)20-19-14(22)12-6-9(16)7-21(12)2/h3-7H,1-2H3,(H,17,18)(H,19,22)(H,20,23). The Labute approximate surface area is 140 Å². The molecule has 118 valence electrons. The first-order valence-corrected chi connectivity index (χ1v) is 7.62. The highest BCUT2D eigenvalue weighted by Gasteiger charge is 2.16. The number of benzene rings is 1. The zero-order valence-corrected chi connectivity index (χ0v) is 14.1. The molecule has 3 aromatic rings. The third-order valence-electron chi connectivity index (χ3n) is 3.43. The van der Waals surface area contributed by atoms with Crippen LogP contribution in [0, 0.1) is 6.92 Å². The molecule has 0 unspecified atom stereocenters. The van der Waals surface area contributed by atoms with Gasteiger partial charge in [-0.1, -0.05) is 11.6 Å². The maximum atomic E-state index is 12.2. The van der Waals surface area contributed by atoms with Crippen molar-refractivity contribution in [1.29, 1.82) is 0 Å². The number of rotatable bonds is 2. The van der Waals surface area contributed by atoms with Crippen molar-refractivity contribution in [3.8, 4) is 0 Å². The van der Waals surface area contributed by atoms with Crippen LogP contribution in [0.15, 0.2) is 34.9 Å². The number of hydrogen-bond donors (Lipinski definition) is 3. The number of amides is 2. The van der Waals surface area contributed by atoms with Crippen molar-refractivity contribution in [2.45, 2.75) is 6.92 Å². The summed E-state index contributed by atoms with van der Waals surface area (Å²) in [5.41, 5.74) is 7.20. The molecular formula is C15H14BrN5O2. The van der Waals surface area contributed by atoms with Gasteiger partial charge in [-0.2, -0.15) is 5.10 Å². The van der Waals surface area contributed by atoms with E-state index in [1.165, 1.54) is 0 Å². The van der Waals surface area contributed by atoms with Crippen LogP contribution in [0.2, 0.25) is 0 Å². The molecule has 8 heteroatoms. The van der Waals surface area contributed by atoms with Crippen LogP contribution in [0.4, 0.5) is 0 Å². The van der Waals surface area contributed by atoms with Gasteiger partial charge in [0.15, 0.2) is 5.69 Å². The van der Waals surface area contributed by atoms with E-state index in [2.05, 4.69) is 37.0 Å². The molecule has 0 atom stereocenters. The number of carbonyl (C=O) groups excluding carboxylic acids is 2. The average Bonchev–Trinajstić information content (AvgIpc) is 3.07. The van der Waals surface area contributed by atoms with E-state index in [0.29, 0.717) is 11.1 Å². The third kappa shape index (κ3) is 2.98. The monoisotopic (exact) mass is 375 g/mol. The zero-order chi connectivity index (χ0) is 16.6. The molecule has 3 N–H and O–H groups in total. The Kier molecular flexibility index (Phi) is 3.91. The Bertz CT molecular complexity index is 912. The highest BCUT2D eigenvalue weighted by Crippen LogP contribution is 2.17. The van der Waals surface area contributed by atoms with Crippen molar-refractivity contribution in [3.05, 3.63) is 51.9 Å². The Morgan fingerprint density at radius 2 is 1.96 bits per heavy atom. The number of fused-ring (bicyclic) bond motifs is 1. The third-order valence-corrected chi connectivity index (χ3v) is 3.86. The minimum atomic E-state index is -0.483. The Hall–Kier alpha value is -2.61. The summed E-state index contributed by atoms with van der Waals surface area (Å²) in [5, 5.41) is 7.51. The maximum absolute atomic E-state index is 12.2. The molecule has 3 rings (SSSR count). The number of H-pyrrole nitrogens is 1. The van der Waals surface area contributed by atoms with E-state index >= 15 is 0 Å². The van der Waals surface area contributed by atoms with Crippen molar-refractivity contribution in [1.82, 2.24) is 25.6 Å². The van der Waals surface area contributed by atoms with E-state index in [4.69, 9.17) is 0 Å². The summed E-state index contributed by atoms with van der Waals surface area (Å²) in [7, 11) is 1.74. The normalized spacial score (nSPS) is 10.7. The minimum Gasteiger partial charge on any atom is -0.345 e. The molecule has 1 aromatic carbocycles. The van der Waals surface area contributed by atoms with Crippen LogP contribution in [0.1, 0.15) is 26.5 Å². The number of aryl methyl sites for hydroxylation is 2. The lowest BCUT2D eigenvalue weighted by Gasteiger charge is -2.07. The van der Waals surface area contributed by atoms with Gasteiger partial charge in [0.25, 0.3) is 11.8 Å². The van der Waals surface area contributed by atoms with E-state index in [0.717, 1.165) is 15.6 Å². The van der Waals surface area contributed by atoms with Crippen molar-refractivity contribution < 1.29 is 9.59 Å². The molecule has 0 saturated carbocycles. The fraction of sp³-hybridized carbons (Fsp3) is 0.133. The lowest BCUT2D eigenvalue weighted by molar-refractivity contribution is 0.0840. The fourth-order valence-corrected chi connectivity index (χ4v) is 2.81. The lowest BCUT2D eigenvalue weighted by atomic mass is 10.1. The molecule has 2 amide bonds. The molecule has 0 aliphatic rings. The topological polar surface area (TPSA) is 91.8 Å². The first-order valence-electron chi connectivity index (χ1n) is 6.83. The minimum absolute atomic E-state index is 0.233. The second-order valence-electron chi connectivity index (χ2n) is 5.18. The van der Waals surface area contributed by atoms with Gasteiger partial charge in [0.05, 0.1) is 5.52 Å². The van der Waals surface area contributed by atoms with Gasteiger partial charge in [0, 0.05) is 23.1 Å². The van der Waals surface area contributed by atoms with Crippen LogP contribution in [-0.4, -0.2) is 26.6 Å². The predicted molar refractivity (Wildman–Crippen MR) is 88.9 cm³/mol. The van der Waals surface area contributed by atoms with E-state index < -0.39 is 11.8 Å². The maximum Gasteiger partial charge on any atom is 0.290 e. The number of halogens is 1. The summed E-state index contributed by atoms with van der Waals surface area (Å²) in [5.74, 6) is -0.897. The summed E-state index contributed by atoms with van der Waals surface area (Å²) in [4.78, 5) is 24.3. The smallest absolute Gasteiger partial charge is 0.290 e. The van der Waals surface area contributed by atoms with Crippen LogP contribution in [-0.2, 0) is 7.05 Å². The average molecular weight is 376 g/mol.